The van der Waals surface area contributed by atoms with Gasteiger partial charge in [0.25, 0.3) is 17.7 Å². The summed E-state index contributed by atoms with van der Waals surface area (Å²) in [6, 6.07) is 14.5. The lowest BCUT2D eigenvalue weighted by Crippen LogP contribution is -2.51. The van der Waals surface area contributed by atoms with Gasteiger partial charge in [0.2, 0.25) is 11.8 Å². The summed E-state index contributed by atoms with van der Waals surface area (Å²) >= 11 is 1.23. The van der Waals surface area contributed by atoms with Gasteiger partial charge in [0, 0.05) is 11.9 Å². The Kier molecular flexibility index (Phi) is 11.0. The number of carbonyl (C=O) groups is 4. The molecule has 4 heterocycles. The number of aromatic nitrogens is 6. The van der Waals surface area contributed by atoms with Crippen LogP contribution in [0.25, 0.3) is 5.69 Å². The number of aryl methyl sites for hydroxylation is 1. The highest BCUT2D eigenvalue weighted by molar-refractivity contribution is 7.09. The Morgan fingerprint density at radius 3 is 2.50 bits per heavy atom. The lowest BCUT2D eigenvalue weighted by atomic mass is 10.0. The topological polar surface area (TPSA) is 199 Å². The first-order chi connectivity index (χ1) is 25.0. The third kappa shape index (κ3) is 8.66. The van der Waals surface area contributed by atoms with E-state index in [0.717, 1.165) is 5.56 Å². The van der Waals surface area contributed by atoms with Crippen LogP contribution in [0.1, 0.15) is 76.1 Å². The van der Waals surface area contributed by atoms with E-state index in [4.69, 9.17) is 9.15 Å². The molecule has 4 bridgehead atoms. The minimum Gasteiger partial charge on any atom is -0.484 e. The Bertz CT molecular complexity index is 2010. The molecule has 52 heavy (non-hydrogen) atoms. The average Bonchev–Trinajstić information content (AvgIpc) is 3.91. The van der Waals surface area contributed by atoms with E-state index >= 15 is 0 Å². The van der Waals surface area contributed by atoms with E-state index in [1.54, 1.807) is 43.5 Å². The van der Waals surface area contributed by atoms with Gasteiger partial charge >= 0.3 is 0 Å². The molecule has 3 aromatic heterocycles. The third-order valence-corrected chi connectivity index (χ3v) is 9.38. The quantitative estimate of drug-likeness (QED) is 0.223. The molecule has 0 saturated carbocycles. The zero-order chi connectivity index (χ0) is 36.8. The number of nitrogens with one attached hydrogen (secondary N) is 3. The number of ether oxygens (including phenoxy) is 1. The number of hydrogen-bond acceptors (Lipinski definition) is 12. The molecule has 16 nitrogen and oxygen atoms in total. The van der Waals surface area contributed by atoms with Crippen molar-refractivity contribution < 1.29 is 28.3 Å². The van der Waals surface area contributed by atoms with Gasteiger partial charge in [0.05, 0.1) is 24.3 Å². The van der Waals surface area contributed by atoms with Crippen LogP contribution in [0.4, 0.5) is 0 Å². The van der Waals surface area contributed by atoms with Crippen molar-refractivity contribution in [2.45, 2.75) is 52.2 Å². The second kappa shape index (κ2) is 15.9. The predicted molar refractivity (Wildman–Crippen MR) is 188 cm³/mol. The summed E-state index contributed by atoms with van der Waals surface area (Å²) in [7, 11) is 0. The number of thiazole rings is 1. The standard InChI is InChI=1S/C35H38N10O6S/c1-20(2)30-34-41-31(22(4)51-34)33(49)37-21(3)35-39-27(18-52-35)32(48)38-24(14-23-8-6-5-7-9-23)15-44(16-28(46)40-30)29(47)17-50-26-12-10-25(11-13-26)45-19-36-42-43-45/h5-13,18-21,24,30H,14-17H2,1-4H3,(H,37,49)(H,38,48)(H,40,46)/t21-,24-,30+/m1/s1. The second-order valence-electron chi connectivity index (χ2n) is 12.7. The maximum atomic E-state index is 13.9. The fraction of sp³-hybridized carbons (Fsp3) is 0.343. The summed E-state index contributed by atoms with van der Waals surface area (Å²) in [4.78, 5) is 64.9. The smallest absolute Gasteiger partial charge is 0.274 e. The SMILES string of the molecule is Cc1oc2nc1C(=O)N[C@H](C)c1nc(cs1)C(=O)N[C@H](Cc1ccccc1)CN(C(=O)COc1ccc(-n3cnnn3)cc1)CC(=O)N[C@H]2C(C)C. The molecule has 4 amide bonds. The van der Waals surface area contributed by atoms with Crippen LogP contribution in [0.3, 0.4) is 0 Å². The molecule has 0 radical (unpaired) electrons. The van der Waals surface area contributed by atoms with E-state index in [2.05, 4.69) is 41.4 Å². The highest BCUT2D eigenvalue weighted by Crippen LogP contribution is 2.25. The Morgan fingerprint density at radius 2 is 1.79 bits per heavy atom. The number of carbonyl (C=O) groups excluding carboxylic acids is 4. The van der Waals surface area contributed by atoms with E-state index in [1.807, 2.05) is 44.2 Å². The zero-order valence-corrected chi connectivity index (χ0v) is 29.8. The number of tetrazole rings is 1. The lowest BCUT2D eigenvalue weighted by Gasteiger charge is -2.29. The fourth-order valence-corrected chi connectivity index (χ4v) is 6.44. The van der Waals surface area contributed by atoms with Crippen LogP contribution in [0, 0.1) is 12.8 Å². The van der Waals surface area contributed by atoms with Crippen molar-refractivity contribution in [1.82, 2.24) is 51.0 Å². The minimum absolute atomic E-state index is 0.0213. The van der Waals surface area contributed by atoms with Gasteiger partial charge in [-0.05, 0) is 66.4 Å². The zero-order valence-electron chi connectivity index (χ0n) is 29.0. The van der Waals surface area contributed by atoms with Gasteiger partial charge in [-0.3, -0.25) is 19.2 Å². The van der Waals surface area contributed by atoms with Crippen LogP contribution in [-0.4, -0.2) is 84.4 Å². The summed E-state index contributed by atoms with van der Waals surface area (Å²) in [6.07, 6.45) is 1.81. The summed E-state index contributed by atoms with van der Waals surface area (Å²) < 4.78 is 13.2. The van der Waals surface area contributed by atoms with Gasteiger partial charge < -0.3 is 30.0 Å². The van der Waals surface area contributed by atoms with Crippen molar-refractivity contribution in [3.8, 4) is 11.4 Å². The number of oxazole rings is 1. The maximum Gasteiger partial charge on any atom is 0.274 e. The first kappa shape index (κ1) is 35.8. The van der Waals surface area contributed by atoms with Crippen LogP contribution in [-0.2, 0) is 16.0 Å². The molecule has 0 spiro atoms. The normalized spacial score (nSPS) is 18.6. The van der Waals surface area contributed by atoms with Crippen molar-refractivity contribution in [2.24, 2.45) is 5.92 Å². The van der Waals surface area contributed by atoms with Gasteiger partial charge in [0.15, 0.2) is 12.3 Å². The average molecular weight is 727 g/mol. The van der Waals surface area contributed by atoms with Crippen LogP contribution < -0.4 is 20.7 Å². The maximum absolute atomic E-state index is 13.9. The Hall–Kier alpha value is -5.97. The number of hydrogen-bond donors (Lipinski definition) is 3. The van der Waals surface area contributed by atoms with E-state index in [-0.39, 0.29) is 48.7 Å². The molecule has 2 aromatic carbocycles. The number of amides is 4. The number of benzene rings is 2. The summed E-state index contributed by atoms with van der Waals surface area (Å²) in [5.74, 6) is -1.27. The van der Waals surface area contributed by atoms with E-state index in [0.29, 0.717) is 22.9 Å². The first-order valence-electron chi connectivity index (χ1n) is 16.7. The molecule has 6 rings (SSSR count). The largest absolute Gasteiger partial charge is 0.484 e. The molecular formula is C35H38N10O6S. The van der Waals surface area contributed by atoms with Crippen LogP contribution in [0.5, 0.6) is 5.75 Å². The Balaban J connectivity index is 1.30. The van der Waals surface area contributed by atoms with Gasteiger partial charge in [-0.15, -0.1) is 16.4 Å². The van der Waals surface area contributed by atoms with Crippen molar-refractivity contribution in [1.29, 1.82) is 0 Å². The molecule has 3 N–H and O–H groups in total. The van der Waals surface area contributed by atoms with Gasteiger partial charge in [-0.2, -0.15) is 0 Å². The molecule has 0 unspecified atom stereocenters. The molecule has 0 saturated heterocycles. The van der Waals surface area contributed by atoms with Gasteiger partial charge in [-0.1, -0.05) is 44.2 Å². The monoisotopic (exact) mass is 726 g/mol. The minimum atomic E-state index is -0.711. The fourth-order valence-electron chi connectivity index (χ4n) is 5.63. The molecule has 0 fully saturated rings. The first-order valence-corrected chi connectivity index (χ1v) is 17.5. The molecule has 1 aliphatic heterocycles. The Morgan fingerprint density at radius 1 is 1.02 bits per heavy atom. The van der Waals surface area contributed by atoms with Crippen molar-refractivity contribution in [3.05, 3.63) is 99.9 Å². The summed E-state index contributed by atoms with van der Waals surface area (Å²) in [6.45, 7) is 6.37. The number of fused-ring (bicyclic) bond motifs is 4. The molecule has 270 valence electrons. The molecule has 0 aliphatic carbocycles. The predicted octanol–water partition coefficient (Wildman–Crippen LogP) is 2.98. The Labute approximate surface area is 303 Å². The summed E-state index contributed by atoms with van der Waals surface area (Å²) in [5, 5.41) is 22.1. The van der Waals surface area contributed by atoms with Crippen molar-refractivity contribution in [2.75, 3.05) is 19.7 Å². The van der Waals surface area contributed by atoms with Crippen molar-refractivity contribution >= 4 is 35.0 Å². The molecule has 17 heteroatoms. The summed E-state index contributed by atoms with van der Waals surface area (Å²) in [5.41, 5.74) is 1.84. The van der Waals surface area contributed by atoms with Crippen LogP contribution in [0.15, 0.2) is 70.7 Å². The van der Waals surface area contributed by atoms with Gasteiger partial charge in [0.1, 0.15) is 34.6 Å². The molecular weight excluding hydrogens is 689 g/mol. The third-order valence-electron chi connectivity index (χ3n) is 8.35. The molecule has 3 atom stereocenters. The molecule has 1 aliphatic rings. The van der Waals surface area contributed by atoms with Crippen LogP contribution >= 0.6 is 11.3 Å². The lowest BCUT2D eigenvalue weighted by molar-refractivity contribution is -0.138. The van der Waals surface area contributed by atoms with E-state index in [1.165, 1.54) is 27.2 Å². The number of nitrogens with zero attached hydrogens (tertiary/aromatic N) is 7. The molecule has 5 aromatic rings. The number of rotatable bonds is 7. The van der Waals surface area contributed by atoms with Crippen LogP contribution in [0.2, 0.25) is 0 Å². The highest BCUT2D eigenvalue weighted by atomic mass is 32.1. The highest BCUT2D eigenvalue weighted by Gasteiger charge is 2.31. The van der Waals surface area contributed by atoms with E-state index in [9.17, 15) is 19.2 Å². The second-order valence-corrected chi connectivity index (χ2v) is 13.6. The van der Waals surface area contributed by atoms with E-state index < -0.39 is 41.8 Å². The van der Waals surface area contributed by atoms with Crippen molar-refractivity contribution in [3.63, 3.8) is 0 Å². The van der Waals surface area contributed by atoms with Gasteiger partial charge in [-0.25, -0.2) is 14.6 Å².